The third kappa shape index (κ3) is 5.12. The highest BCUT2D eigenvalue weighted by Gasteiger charge is 2.08. The monoisotopic (exact) mass is 396 g/mol. The van der Waals surface area contributed by atoms with Crippen molar-refractivity contribution in [3.63, 3.8) is 0 Å². The number of hydrogen-bond donors (Lipinski definition) is 2. The van der Waals surface area contributed by atoms with Gasteiger partial charge in [0.1, 0.15) is 17.8 Å². The molecule has 0 spiro atoms. The van der Waals surface area contributed by atoms with Crippen LogP contribution in [0.1, 0.15) is 16.1 Å². The molecule has 3 rings (SSSR count). The molecule has 6 heteroatoms. The summed E-state index contributed by atoms with van der Waals surface area (Å²) in [6.07, 6.45) is 2.16. The highest BCUT2D eigenvalue weighted by Crippen LogP contribution is 2.19. The molecule has 0 radical (unpaired) electrons. The van der Waals surface area contributed by atoms with Gasteiger partial charge in [0.25, 0.3) is 5.91 Å². The maximum absolute atomic E-state index is 12.3. The smallest absolute Gasteiger partial charge is 0.270 e. The molecule has 0 atom stereocenters. The number of carbonyl (C=O) groups excluding carboxylic acids is 1. The van der Waals surface area contributed by atoms with Crippen LogP contribution in [0.5, 0.6) is 0 Å². The normalized spacial score (nSPS) is 10.3. The van der Waals surface area contributed by atoms with E-state index in [4.69, 9.17) is 0 Å². The van der Waals surface area contributed by atoms with E-state index in [1.807, 2.05) is 54.6 Å². The van der Waals surface area contributed by atoms with Gasteiger partial charge in [-0.1, -0.05) is 52.3 Å². The van der Waals surface area contributed by atoms with E-state index < -0.39 is 0 Å². The van der Waals surface area contributed by atoms with Crippen LogP contribution in [-0.4, -0.2) is 22.4 Å². The van der Waals surface area contributed by atoms with Gasteiger partial charge in [-0.15, -0.1) is 0 Å². The SMILES string of the molecule is O=C(NCCc1ccccc1)c1cc(Nc2cccc(Br)c2)ncn1. The topological polar surface area (TPSA) is 66.9 Å². The quantitative estimate of drug-likeness (QED) is 0.661. The molecule has 0 saturated heterocycles. The predicted octanol–water partition coefficient (Wildman–Crippen LogP) is 3.96. The molecule has 0 aliphatic heterocycles. The summed E-state index contributed by atoms with van der Waals surface area (Å²) in [4.78, 5) is 20.5. The Morgan fingerprint density at radius 1 is 1.00 bits per heavy atom. The van der Waals surface area contributed by atoms with Crippen molar-refractivity contribution in [3.05, 3.63) is 82.7 Å². The van der Waals surface area contributed by atoms with Gasteiger partial charge in [0, 0.05) is 22.8 Å². The summed E-state index contributed by atoms with van der Waals surface area (Å²) >= 11 is 3.42. The Balaban J connectivity index is 1.59. The van der Waals surface area contributed by atoms with Crippen molar-refractivity contribution in [2.45, 2.75) is 6.42 Å². The first-order valence-corrected chi connectivity index (χ1v) is 8.67. The van der Waals surface area contributed by atoms with Gasteiger partial charge in [-0.05, 0) is 30.2 Å². The van der Waals surface area contributed by atoms with E-state index in [0.717, 1.165) is 16.6 Å². The molecule has 5 nitrogen and oxygen atoms in total. The fourth-order valence-corrected chi connectivity index (χ4v) is 2.72. The number of halogens is 1. The number of rotatable bonds is 6. The Labute approximate surface area is 154 Å². The fourth-order valence-electron chi connectivity index (χ4n) is 2.32. The molecule has 0 saturated carbocycles. The van der Waals surface area contributed by atoms with Crippen LogP contribution in [0.25, 0.3) is 0 Å². The van der Waals surface area contributed by atoms with Crippen molar-refractivity contribution in [2.75, 3.05) is 11.9 Å². The molecule has 25 heavy (non-hydrogen) atoms. The predicted molar refractivity (Wildman–Crippen MR) is 102 cm³/mol. The van der Waals surface area contributed by atoms with Gasteiger partial charge >= 0.3 is 0 Å². The zero-order valence-electron chi connectivity index (χ0n) is 13.4. The van der Waals surface area contributed by atoms with Crippen molar-refractivity contribution >= 4 is 33.3 Å². The molecule has 0 unspecified atom stereocenters. The summed E-state index contributed by atoms with van der Waals surface area (Å²) in [5.74, 6) is 0.358. The average Bonchev–Trinajstić information content (AvgIpc) is 2.63. The Bertz CT molecular complexity index is 855. The van der Waals surface area contributed by atoms with E-state index in [9.17, 15) is 4.79 Å². The lowest BCUT2D eigenvalue weighted by atomic mass is 10.1. The molecule has 0 bridgehead atoms. The van der Waals surface area contributed by atoms with Gasteiger partial charge in [-0.3, -0.25) is 4.79 Å². The molecule has 0 aliphatic carbocycles. The molecule has 1 aromatic heterocycles. The summed E-state index contributed by atoms with van der Waals surface area (Å²) in [6, 6.07) is 19.4. The molecule has 0 aliphatic rings. The molecular weight excluding hydrogens is 380 g/mol. The minimum absolute atomic E-state index is 0.212. The highest BCUT2D eigenvalue weighted by atomic mass is 79.9. The first-order valence-electron chi connectivity index (χ1n) is 7.87. The third-order valence-electron chi connectivity index (χ3n) is 3.54. The number of carbonyl (C=O) groups is 1. The Hall–Kier alpha value is -2.73. The van der Waals surface area contributed by atoms with Gasteiger partial charge in [-0.2, -0.15) is 0 Å². The summed E-state index contributed by atoms with van der Waals surface area (Å²) in [5, 5.41) is 6.04. The van der Waals surface area contributed by atoms with Crippen LogP contribution in [0, 0.1) is 0 Å². The molecule has 3 aromatic rings. The standard InChI is InChI=1S/C19H17BrN4O/c20-15-7-4-8-16(11-15)24-18-12-17(22-13-23-18)19(25)21-10-9-14-5-2-1-3-6-14/h1-8,11-13H,9-10H2,(H,21,25)(H,22,23,24). The lowest BCUT2D eigenvalue weighted by Crippen LogP contribution is -2.26. The fraction of sp³-hybridized carbons (Fsp3) is 0.105. The summed E-state index contributed by atoms with van der Waals surface area (Å²) in [6.45, 7) is 0.557. The molecule has 0 fully saturated rings. The largest absolute Gasteiger partial charge is 0.350 e. The minimum Gasteiger partial charge on any atom is -0.350 e. The van der Waals surface area contributed by atoms with E-state index in [2.05, 4.69) is 36.5 Å². The van der Waals surface area contributed by atoms with Gasteiger partial charge in [-0.25, -0.2) is 9.97 Å². The van der Waals surface area contributed by atoms with Crippen molar-refractivity contribution in [2.24, 2.45) is 0 Å². The van der Waals surface area contributed by atoms with E-state index in [1.54, 1.807) is 6.07 Å². The Morgan fingerprint density at radius 3 is 2.64 bits per heavy atom. The minimum atomic E-state index is -0.212. The first-order chi connectivity index (χ1) is 12.2. The molecule has 2 N–H and O–H groups in total. The average molecular weight is 397 g/mol. The highest BCUT2D eigenvalue weighted by molar-refractivity contribution is 9.10. The number of anilines is 2. The van der Waals surface area contributed by atoms with Crippen LogP contribution < -0.4 is 10.6 Å². The van der Waals surface area contributed by atoms with Crippen molar-refractivity contribution in [1.82, 2.24) is 15.3 Å². The number of benzene rings is 2. The van der Waals surface area contributed by atoms with E-state index >= 15 is 0 Å². The zero-order valence-corrected chi connectivity index (χ0v) is 15.0. The first kappa shape index (κ1) is 17.1. The van der Waals surface area contributed by atoms with Gasteiger partial charge in [0.15, 0.2) is 0 Å². The third-order valence-corrected chi connectivity index (χ3v) is 4.03. The van der Waals surface area contributed by atoms with Crippen LogP contribution in [0.2, 0.25) is 0 Å². The lowest BCUT2D eigenvalue weighted by Gasteiger charge is -2.08. The van der Waals surface area contributed by atoms with Crippen molar-refractivity contribution in [3.8, 4) is 0 Å². The molecule has 1 amide bonds. The van der Waals surface area contributed by atoms with E-state index in [1.165, 1.54) is 11.9 Å². The van der Waals surface area contributed by atoms with Crippen molar-refractivity contribution in [1.29, 1.82) is 0 Å². The van der Waals surface area contributed by atoms with Crippen molar-refractivity contribution < 1.29 is 4.79 Å². The van der Waals surface area contributed by atoms with Crippen LogP contribution in [0.4, 0.5) is 11.5 Å². The second-order valence-electron chi connectivity index (χ2n) is 5.42. The Morgan fingerprint density at radius 2 is 1.84 bits per heavy atom. The zero-order chi connectivity index (χ0) is 17.5. The van der Waals surface area contributed by atoms with E-state index in [-0.39, 0.29) is 5.91 Å². The van der Waals surface area contributed by atoms with Crippen LogP contribution in [0.3, 0.4) is 0 Å². The molecule has 126 valence electrons. The lowest BCUT2D eigenvalue weighted by molar-refractivity contribution is 0.0949. The summed E-state index contributed by atoms with van der Waals surface area (Å²) in [5.41, 5.74) is 2.39. The van der Waals surface area contributed by atoms with E-state index in [0.29, 0.717) is 18.1 Å². The van der Waals surface area contributed by atoms with Gasteiger partial charge < -0.3 is 10.6 Å². The maximum Gasteiger partial charge on any atom is 0.270 e. The number of amides is 1. The molecule has 1 heterocycles. The molecule has 2 aromatic carbocycles. The van der Waals surface area contributed by atoms with Crippen LogP contribution >= 0.6 is 15.9 Å². The summed E-state index contributed by atoms with van der Waals surface area (Å²) in [7, 11) is 0. The van der Waals surface area contributed by atoms with Gasteiger partial charge in [0.2, 0.25) is 0 Å². The van der Waals surface area contributed by atoms with Crippen LogP contribution in [0.15, 0.2) is 71.5 Å². The number of hydrogen-bond acceptors (Lipinski definition) is 4. The second kappa shape index (κ2) is 8.39. The Kier molecular flexibility index (Phi) is 5.74. The number of nitrogens with one attached hydrogen (secondary N) is 2. The number of aromatic nitrogens is 2. The van der Waals surface area contributed by atoms with Gasteiger partial charge in [0.05, 0.1) is 0 Å². The maximum atomic E-state index is 12.3. The second-order valence-corrected chi connectivity index (χ2v) is 6.33. The molecular formula is C19H17BrN4O. The number of nitrogens with zero attached hydrogens (tertiary/aromatic N) is 2. The summed E-state index contributed by atoms with van der Waals surface area (Å²) < 4.78 is 0.963. The van der Waals surface area contributed by atoms with Crippen LogP contribution in [-0.2, 0) is 6.42 Å².